The van der Waals surface area contributed by atoms with E-state index in [-0.39, 0.29) is 11.9 Å². The van der Waals surface area contributed by atoms with Gasteiger partial charge < -0.3 is 14.6 Å². The van der Waals surface area contributed by atoms with Gasteiger partial charge in [-0.2, -0.15) is 0 Å². The second-order valence-corrected chi connectivity index (χ2v) is 7.32. The molecule has 5 heteroatoms. The zero-order chi connectivity index (χ0) is 15.8. The number of hydrogen-bond donors (Lipinski definition) is 1. The van der Waals surface area contributed by atoms with Crippen molar-refractivity contribution in [2.75, 3.05) is 7.05 Å². The molecule has 0 aromatic carbocycles. The summed E-state index contributed by atoms with van der Waals surface area (Å²) in [7, 11) is 1.85. The van der Waals surface area contributed by atoms with E-state index in [0.717, 1.165) is 37.1 Å². The highest BCUT2D eigenvalue weighted by molar-refractivity contribution is 5.84. The van der Waals surface area contributed by atoms with E-state index < -0.39 is 0 Å². The van der Waals surface area contributed by atoms with Crippen LogP contribution in [0.3, 0.4) is 0 Å². The van der Waals surface area contributed by atoms with E-state index in [9.17, 15) is 4.79 Å². The fraction of sp³-hybridized carbons (Fsp3) is 0.778. The van der Waals surface area contributed by atoms with Crippen molar-refractivity contribution >= 4 is 5.91 Å². The maximum Gasteiger partial charge on any atom is 0.248 e. The molecule has 23 heavy (non-hydrogen) atoms. The monoisotopic (exact) mass is 317 g/mol. The molecule has 1 aromatic heterocycles. The molecule has 0 bridgehead atoms. The minimum absolute atomic E-state index is 0.201. The van der Waals surface area contributed by atoms with Gasteiger partial charge in [0.1, 0.15) is 6.04 Å². The lowest BCUT2D eigenvalue weighted by Gasteiger charge is -2.38. The zero-order valence-corrected chi connectivity index (χ0v) is 14.0. The van der Waals surface area contributed by atoms with Crippen molar-refractivity contribution in [3.05, 3.63) is 17.8 Å². The highest BCUT2D eigenvalue weighted by Gasteiger charge is 2.47. The quantitative estimate of drug-likeness (QED) is 0.851. The molecule has 1 aromatic rings. The average Bonchev–Trinajstić information content (AvgIpc) is 3.10. The number of likely N-dealkylation sites (N-methyl/N-ethyl adjacent to an activating group) is 1. The molecule has 2 aliphatic carbocycles. The average molecular weight is 317 g/mol. The van der Waals surface area contributed by atoms with Gasteiger partial charge in [0.25, 0.3) is 0 Å². The zero-order valence-electron chi connectivity index (χ0n) is 14.0. The topological polar surface area (TPSA) is 58.4 Å². The van der Waals surface area contributed by atoms with Crippen molar-refractivity contribution in [2.24, 2.45) is 0 Å². The van der Waals surface area contributed by atoms with Crippen LogP contribution in [0, 0.1) is 0 Å². The van der Waals surface area contributed by atoms with Crippen molar-refractivity contribution in [1.82, 2.24) is 15.2 Å². The molecule has 126 valence electrons. The molecule has 3 aliphatic rings. The molecule has 5 nitrogen and oxygen atoms in total. The molecule has 2 saturated carbocycles. The Morgan fingerprint density at radius 1 is 1.13 bits per heavy atom. The summed E-state index contributed by atoms with van der Waals surface area (Å²) in [4.78, 5) is 20.1. The first kappa shape index (κ1) is 15.2. The van der Waals surface area contributed by atoms with Gasteiger partial charge >= 0.3 is 0 Å². The third-order valence-electron chi connectivity index (χ3n) is 6.08. The number of rotatable bonds is 2. The first-order valence-electron chi connectivity index (χ1n) is 9.24. The van der Waals surface area contributed by atoms with Crippen LogP contribution in [0.4, 0.5) is 0 Å². The van der Waals surface area contributed by atoms with Crippen LogP contribution in [-0.2, 0) is 4.79 Å². The van der Waals surface area contributed by atoms with Gasteiger partial charge in [-0.15, -0.1) is 0 Å². The highest BCUT2D eigenvalue weighted by atomic mass is 16.3. The van der Waals surface area contributed by atoms with Crippen molar-refractivity contribution < 1.29 is 9.21 Å². The lowest BCUT2D eigenvalue weighted by Crippen LogP contribution is -2.50. The molecule has 2 heterocycles. The second kappa shape index (κ2) is 6.27. The summed E-state index contributed by atoms with van der Waals surface area (Å²) in [5.41, 5.74) is 1.02. The maximum atomic E-state index is 13.4. The Morgan fingerprint density at radius 3 is 2.65 bits per heavy atom. The fourth-order valence-electron chi connectivity index (χ4n) is 5.02. The van der Waals surface area contributed by atoms with Gasteiger partial charge in [0, 0.05) is 18.0 Å². The Morgan fingerprint density at radius 2 is 1.91 bits per heavy atom. The Kier molecular flexibility index (Phi) is 4.14. The lowest BCUT2D eigenvalue weighted by atomic mass is 9.96. The minimum Gasteiger partial charge on any atom is -0.446 e. The van der Waals surface area contributed by atoms with Crippen LogP contribution in [0.25, 0.3) is 0 Å². The number of fused-ring (bicyclic) bond motifs is 3. The first-order valence-corrected chi connectivity index (χ1v) is 9.24. The van der Waals surface area contributed by atoms with Crippen LogP contribution >= 0.6 is 0 Å². The molecule has 0 radical (unpaired) electrons. The Bertz CT molecular complexity index is 562. The summed E-state index contributed by atoms with van der Waals surface area (Å²) in [6.07, 6.45) is 12.3. The molecule has 1 aliphatic heterocycles. The van der Waals surface area contributed by atoms with Gasteiger partial charge in [-0.25, -0.2) is 4.98 Å². The molecule has 1 amide bonds. The number of hydrogen-bond acceptors (Lipinski definition) is 4. The number of nitrogens with one attached hydrogen (secondary N) is 1. The van der Waals surface area contributed by atoms with Crippen molar-refractivity contribution in [1.29, 1.82) is 0 Å². The van der Waals surface area contributed by atoms with E-state index in [4.69, 9.17) is 4.42 Å². The van der Waals surface area contributed by atoms with E-state index in [1.54, 1.807) is 0 Å². The predicted octanol–water partition coefficient (Wildman–Crippen LogP) is 3.14. The summed E-state index contributed by atoms with van der Waals surface area (Å²) in [5.74, 6) is 1.31. The molecule has 3 atom stereocenters. The largest absolute Gasteiger partial charge is 0.446 e. The van der Waals surface area contributed by atoms with Gasteiger partial charge in [-0.1, -0.05) is 32.1 Å². The summed E-state index contributed by atoms with van der Waals surface area (Å²) in [5, 5.41) is 3.19. The van der Waals surface area contributed by atoms with Crippen molar-refractivity contribution in [2.45, 2.75) is 81.8 Å². The smallest absolute Gasteiger partial charge is 0.248 e. The van der Waals surface area contributed by atoms with Crippen LogP contribution in [-0.4, -0.2) is 34.9 Å². The van der Waals surface area contributed by atoms with Crippen molar-refractivity contribution in [3.8, 4) is 0 Å². The van der Waals surface area contributed by atoms with Crippen LogP contribution in [0.5, 0.6) is 0 Å². The number of carbonyl (C=O) groups excluding carboxylic acids is 1. The summed E-state index contributed by atoms with van der Waals surface area (Å²) in [6.45, 7) is 0. The van der Waals surface area contributed by atoms with Crippen LogP contribution in [0.15, 0.2) is 10.8 Å². The van der Waals surface area contributed by atoms with Gasteiger partial charge in [0.15, 0.2) is 12.2 Å². The predicted molar refractivity (Wildman–Crippen MR) is 87.0 cm³/mol. The molecular formula is C18H27N3O2. The number of nitrogens with zero attached hydrogens (tertiary/aromatic N) is 2. The Balaban J connectivity index is 1.73. The fourth-order valence-corrected chi connectivity index (χ4v) is 5.02. The standard InChI is InChI=1S/C18H27N3O2/c1-19-16-17-15(20-11-23-17)13-9-6-10-14(13)21(18(16)22)12-7-4-2-3-5-8-12/h11-14,16,19H,2-10H2,1H3. The van der Waals surface area contributed by atoms with Gasteiger partial charge in [-0.3, -0.25) is 4.79 Å². The number of amides is 1. The van der Waals surface area contributed by atoms with E-state index in [1.165, 1.54) is 38.5 Å². The summed E-state index contributed by atoms with van der Waals surface area (Å²) >= 11 is 0. The lowest BCUT2D eigenvalue weighted by molar-refractivity contribution is -0.139. The Hall–Kier alpha value is -1.36. The first-order chi connectivity index (χ1) is 11.3. The number of aromatic nitrogens is 1. The molecule has 4 rings (SSSR count). The molecule has 2 fully saturated rings. The van der Waals surface area contributed by atoms with Crippen molar-refractivity contribution in [3.63, 3.8) is 0 Å². The van der Waals surface area contributed by atoms with Crippen LogP contribution in [0.1, 0.15) is 81.2 Å². The van der Waals surface area contributed by atoms with Gasteiger partial charge in [-0.05, 0) is 32.7 Å². The summed E-state index contributed by atoms with van der Waals surface area (Å²) < 4.78 is 5.66. The molecule has 0 spiro atoms. The third-order valence-corrected chi connectivity index (χ3v) is 6.08. The molecular weight excluding hydrogens is 290 g/mol. The number of carbonyl (C=O) groups is 1. The van der Waals surface area contributed by atoms with Crippen LogP contribution < -0.4 is 5.32 Å². The highest BCUT2D eigenvalue weighted by Crippen LogP contribution is 2.45. The molecule has 0 saturated heterocycles. The minimum atomic E-state index is -0.374. The Labute approximate surface area is 137 Å². The van der Waals surface area contributed by atoms with E-state index in [2.05, 4.69) is 15.2 Å². The SMILES string of the molecule is CNC1C(=O)N(C2CCCCCC2)C2CCCC2c2ncoc21. The molecule has 3 unspecified atom stereocenters. The second-order valence-electron chi connectivity index (χ2n) is 7.32. The van der Waals surface area contributed by atoms with E-state index in [1.807, 2.05) is 7.05 Å². The van der Waals surface area contributed by atoms with Crippen LogP contribution in [0.2, 0.25) is 0 Å². The maximum absolute atomic E-state index is 13.4. The molecule has 1 N–H and O–H groups in total. The van der Waals surface area contributed by atoms with Gasteiger partial charge in [0.2, 0.25) is 5.91 Å². The van der Waals surface area contributed by atoms with E-state index >= 15 is 0 Å². The van der Waals surface area contributed by atoms with Gasteiger partial charge in [0.05, 0.1) is 5.69 Å². The summed E-state index contributed by atoms with van der Waals surface area (Å²) in [6, 6.07) is 0.338. The van der Waals surface area contributed by atoms with E-state index in [0.29, 0.717) is 18.0 Å². The third kappa shape index (κ3) is 2.49. The normalized spacial score (nSPS) is 32.3. The number of oxazole rings is 1.